The third-order valence-corrected chi connectivity index (χ3v) is 3.58. The van der Waals surface area contributed by atoms with Gasteiger partial charge in [-0.2, -0.15) is 0 Å². The molecule has 5 nitrogen and oxygen atoms in total. The molecule has 0 aromatic carbocycles. The fraction of sp³-hybridized carbons (Fsp3) is 0.714. The summed E-state index contributed by atoms with van der Waals surface area (Å²) in [6.07, 6.45) is 4.80. The second-order valence-corrected chi connectivity index (χ2v) is 5.53. The maximum atomic E-state index is 12.2. The van der Waals surface area contributed by atoms with E-state index in [2.05, 4.69) is 5.32 Å². The SMILES string of the molecule is CC(C)NC(=O)N1CC=C(C(=O)N2CCCC2)CC1. The molecule has 5 heteroatoms. The molecule has 0 unspecified atom stereocenters. The van der Waals surface area contributed by atoms with Crippen LogP contribution in [0.5, 0.6) is 0 Å². The van der Waals surface area contributed by atoms with Gasteiger partial charge >= 0.3 is 6.03 Å². The minimum absolute atomic E-state index is 0.0427. The van der Waals surface area contributed by atoms with Crippen LogP contribution in [0.15, 0.2) is 11.6 Å². The Morgan fingerprint density at radius 3 is 2.37 bits per heavy atom. The van der Waals surface area contributed by atoms with Gasteiger partial charge in [0.25, 0.3) is 0 Å². The Kier molecular flexibility index (Phi) is 4.45. The van der Waals surface area contributed by atoms with Gasteiger partial charge in [-0.05, 0) is 33.1 Å². The summed E-state index contributed by atoms with van der Waals surface area (Å²) in [7, 11) is 0. The van der Waals surface area contributed by atoms with Crippen LogP contribution in [0.25, 0.3) is 0 Å². The van der Waals surface area contributed by atoms with Gasteiger partial charge in [0.05, 0.1) is 0 Å². The number of amides is 3. The zero-order valence-corrected chi connectivity index (χ0v) is 11.8. The van der Waals surface area contributed by atoms with Crippen molar-refractivity contribution < 1.29 is 9.59 Å². The Morgan fingerprint density at radius 1 is 1.16 bits per heavy atom. The summed E-state index contributed by atoms with van der Waals surface area (Å²) in [4.78, 5) is 27.7. The highest BCUT2D eigenvalue weighted by atomic mass is 16.2. The van der Waals surface area contributed by atoms with E-state index < -0.39 is 0 Å². The zero-order valence-electron chi connectivity index (χ0n) is 11.8. The lowest BCUT2D eigenvalue weighted by molar-refractivity contribution is -0.126. The van der Waals surface area contributed by atoms with Crippen molar-refractivity contribution in [2.24, 2.45) is 0 Å². The number of urea groups is 1. The maximum absolute atomic E-state index is 12.2. The third-order valence-electron chi connectivity index (χ3n) is 3.58. The van der Waals surface area contributed by atoms with E-state index in [9.17, 15) is 9.59 Å². The molecule has 0 saturated carbocycles. The van der Waals surface area contributed by atoms with Crippen molar-refractivity contribution in [3.63, 3.8) is 0 Å². The van der Waals surface area contributed by atoms with Crippen LogP contribution in [0.4, 0.5) is 4.79 Å². The van der Waals surface area contributed by atoms with Crippen LogP contribution in [0.1, 0.15) is 33.1 Å². The van der Waals surface area contributed by atoms with E-state index in [0.717, 1.165) is 31.5 Å². The molecule has 1 saturated heterocycles. The Balaban J connectivity index is 1.88. The fourth-order valence-corrected chi connectivity index (χ4v) is 2.51. The van der Waals surface area contributed by atoms with Crippen molar-refractivity contribution in [2.75, 3.05) is 26.2 Å². The normalized spacial score (nSPS) is 19.6. The Hall–Kier alpha value is -1.52. The van der Waals surface area contributed by atoms with E-state index in [0.29, 0.717) is 19.5 Å². The minimum Gasteiger partial charge on any atom is -0.339 e. The van der Waals surface area contributed by atoms with Crippen LogP contribution in [0.3, 0.4) is 0 Å². The monoisotopic (exact) mass is 265 g/mol. The number of rotatable bonds is 2. The Bertz CT molecular complexity index is 384. The molecular weight excluding hydrogens is 242 g/mol. The number of carbonyl (C=O) groups excluding carboxylic acids is 2. The van der Waals surface area contributed by atoms with E-state index in [1.807, 2.05) is 24.8 Å². The first-order valence-corrected chi connectivity index (χ1v) is 7.11. The molecule has 0 bridgehead atoms. The van der Waals surface area contributed by atoms with Crippen LogP contribution >= 0.6 is 0 Å². The number of nitrogens with zero attached hydrogens (tertiary/aromatic N) is 2. The first-order valence-electron chi connectivity index (χ1n) is 7.11. The molecule has 0 aromatic heterocycles. The van der Waals surface area contributed by atoms with Gasteiger partial charge in [-0.25, -0.2) is 4.79 Å². The zero-order chi connectivity index (χ0) is 13.8. The molecule has 2 aliphatic heterocycles. The molecule has 1 fully saturated rings. The van der Waals surface area contributed by atoms with E-state index >= 15 is 0 Å². The first-order chi connectivity index (χ1) is 9.08. The van der Waals surface area contributed by atoms with Crippen molar-refractivity contribution >= 4 is 11.9 Å². The quantitative estimate of drug-likeness (QED) is 0.819. The van der Waals surface area contributed by atoms with E-state index in [1.54, 1.807) is 4.90 Å². The second-order valence-electron chi connectivity index (χ2n) is 5.53. The molecular formula is C14H23N3O2. The van der Waals surface area contributed by atoms with Gasteiger partial charge in [0, 0.05) is 37.8 Å². The smallest absolute Gasteiger partial charge is 0.317 e. The van der Waals surface area contributed by atoms with Gasteiger partial charge in [0.15, 0.2) is 0 Å². The van der Waals surface area contributed by atoms with Gasteiger partial charge in [-0.15, -0.1) is 0 Å². The molecule has 0 aliphatic carbocycles. The number of likely N-dealkylation sites (tertiary alicyclic amines) is 1. The molecule has 0 spiro atoms. The van der Waals surface area contributed by atoms with Crippen molar-refractivity contribution in [2.45, 2.75) is 39.2 Å². The largest absolute Gasteiger partial charge is 0.339 e. The predicted molar refractivity (Wildman–Crippen MR) is 73.8 cm³/mol. The van der Waals surface area contributed by atoms with E-state index in [4.69, 9.17) is 0 Å². The van der Waals surface area contributed by atoms with Gasteiger partial charge < -0.3 is 15.1 Å². The summed E-state index contributed by atoms with van der Waals surface area (Å²) in [6.45, 7) is 6.82. The second kappa shape index (κ2) is 6.08. The molecule has 3 amide bonds. The number of nitrogens with one attached hydrogen (secondary N) is 1. The molecule has 19 heavy (non-hydrogen) atoms. The van der Waals surface area contributed by atoms with Crippen LogP contribution in [0.2, 0.25) is 0 Å². The summed E-state index contributed by atoms with van der Waals surface area (Å²) >= 11 is 0. The van der Waals surface area contributed by atoms with Crippen molar-refractivity contribution in [1.82, 2.24) is 15.1 Å². The lowest BCUT2D eigenvalue weighted by atomic mass is 10.1. The fourth-order valence-electron chi connectivity index (χ4n) is 2.51. The summed E-state index contributed by atoms with van der Waals surface area (Å²) in [5.74, 6) is 0.168. The van der Waals surface area contributed by atoms with Gasteiger partial charge in [-0.3, -0.25) is 4.79 Å². The minimum atomic E-state index is -0.0427. The molecule has 0 atom stereocenters. The van der Waals surface area contributed by atoms with Gasteiger partial charge in [0.2, 0.25) is 5.91 Å². The van der Waals surface area contributed by atoms with Crippen LogP contribution in [-0.2, 0) is 4.79 Å². The third kappa shape index (κ3) is 3.49. The molecule has 0 radical (unpaired) electrons. The van der Waals surface area contributed by atoms with Crippen LogP contribution in [0, 0.1) is 0 Å². The highest BCUT2D eigenvalue weighted by molar-refractivity contribution is 5.94. The van der Waals surface area contributed by atoms with Gasteiger partial charge in [0.1, 0.15) is 0 Å². The standard InChI is InChI=1S/C14H23N3O2/c1-11(2)15-14(19)17-9-5-12(6-10-17)13(18)16-7-3-4-8-16/h5,11H,3-4,6-10H2,1-2H3,(H,15,19). The Morgan fingerprint density at radius 2 is 1.84 bits per heavy atom. The van der Waals surface area contributed by atoms with Crippen molar-refractivity contribution in [3.05, 3.63) is 11.6 Å². The van der Waals surface area contributed by atoms with Gasteiger partial charge in [-0.1, -0.05) is 6.08 Å². The van der Waals surface area contributed by atoms with E-state index in [1.165, 1.54) is 0 Å². The highest BCUT2D eigenvalue weighted by Crippen LogP contribution is 2.17. The van der Waals surface area contributed by atoms with Crippen LogP contribution < -0.4 is 5.32 Å². The molecule has 106 valence electrons. The average Bonchev–Trinajstić information content (AvgIpc) is 2.91. The predicted octanol–water partition coefficient (Wildman–Crippen LogP) is 1.36. The molecule has 2 aliphatic rings. The summed E-state index contributed by atoms with van der Waals surface area (Å²) < 4.78 is 0. The molecule has 2 rings (SSSR count). The van der Waals surface area contributed by atoms with Crippen LogP contribution in [-0.4, -0.2) is 54.0 Å². The lowest BCUT2D eigenvalue weighted by Crippen LogP contribution is -2.45. The molecule has 1 N–H and O–H groups in total. The molecule has 0 aromatic rings. The number of hydrogen-bond acceptors (Lipinski definition) is 2. The molecule has 2 heterocycles. The van der Waals surface area contributed by atoms with Crippen molar-refractivity contribution in [1.29, 1.82) is 0 Å². The van der Waals surface area contributed by atoms with E-state index in [-0.39, 0.29) is 18.0 Å². The topological polar surface area (TPSA) is 52.7 Å². The maximum Gasteiger partial charge on any atom is 0.317 e. The average molecular weight is 265 g/mol. The summed E-state index contributed by atoms with van der Waals surface area (Å²) in [6, 6.07) is 0.100. The van der Waals surface area contributed by atoms with Crippen molar-refractivity contribution in [3.8, 4) is 0 Å². The Labute approximate surface area is 114 Å². The number of hydrogen-bond donors (Lipinski definition) is 1. The first kappa shape index (κ1) is 13.9. The highest BCUT2D eigenvalue weighted by Gasteiger charge is 2.25. The summed E-state index contributed by atoms with van der Waals surface area (Å²) in [5, 5.41) is 2.87. The summed E-state index contributed by atoms with van der Waals surface area (Å²) in [5.41, 5.74) is 0.871. The lowest BCUT2D eigenvalue weighted by Gasteiger charge is -2.28. The number of carbonyl (C=O) groups is 2.